The van der Waals surface area contributed by atoms with Crippen LogP contribution < -0.4 is 5.32 Å². The van der Waals surface area contributed by atoms with E-state index in [1.165, 1.54) is 43.4 Å². The summed E-state index contributed by atoms with van der Waals surface area (Å²) in [6.45, 7) is 2.02. The third-order valence-electron chi connectivity index (χ3n) is 7.07. The van der Waals surface area contributed by atoms with Gasteiger partial charge in [-0.1, -0.05) is 25.3 Å². The first-order valence-corrected chi connectivity index (χ1v) is 10.5. The van der Waals surface area contributed by atoms with E-state index in [2.05, 4.69) is 34.8 Å². The van der Waals surface area contributed by atoms with Gasteiger partial charge in [0.2, 0.25) is 5.91 Å². The van der Waals surface area contributed by atoms with E-state index in [0.717, 1.165) is 38.3 Å². The molecule has 1 N–H and O–H groups in total. The van der Waals surface area contributed by atoms with Crippen molar-refractivity contribution in [2.24, 2.45) is 11.3 Å². The smallest absolute Gasteiger partial charge is 0.223 e. The average molecular weight is 347 g/mol. The lowest BCUT2D eigenvalue weighted by molar-refractivity contribution is -0.128. The van der Waals surface area contributed by atoms with Crippen molar-refractivity contribution in [3.05, 3.63) is 22.4 Å². The van der Waals surface area contributed by atoms with Gasteiger partial charge in [0.1, 0.15) is 0 Å². The van der Waals surface area contributed by atoms with E-state index in [0.29, 0.717) is 5.91 Å². The molecule has 2 heterocycles. The Bertz CT molecular complexity index is 570. The van der Waals surface area contributed by atoms with Gasteiger partial charge in [-0.2, -0.15) is 0 Å². The van der Waals surface area contributed by atoms with Crippen LogP contribution in [-0.4, -0.2) is 30.9 Å². The molecule has 132 valence electrons. The normalized spacial score (nSPS) is 34.0. The molecule has 2 aliphatic carbocycles. The Morgan fingerprint density at radius 1 is 1.29 bits per heavy atom. The van der Waals surface area contributed by atoms with E-state index in [1.807, 2.05) is 11.3 Å². The number of carbonyl (C=O) groups is 1. The molecule has 4 heteroatoms. The first-order valence-electron chi connectivity index (χ1n) is 9.65. The molecule has 0 unspecified atom stereocenters. The van der Waals surface area contributed by atoms with Crippen molar-refractivity contribution in [1.29, 1.82) is 0 Å². The summed E-state index contributed by atoms with van der Waals surface area (Å²) in [5.74, 6) is 1.32. The number of rotatable bonds is 5. The van der Waals surface area contributed by atoms with Crippen molar-refractivity contribution in [3.63, 3.8) is 0 Å². The van der Waals surface area contributed by atoms with Gasteiger partial charge in [0.25, 0.3) is 0 Å². The molecule has 1 spiro atoms. The molecular formula is C20H30N2OS. The first kappa shape index (κ1) is 16.6. The van der Waals surface area contributed by atoms with E-state index >= 15 is 0 Å². The molecule has 1 saturated heterocycles. The topological polar surface area (TPSA) is 32.3 Å². The monoisotopic (exact) mass is 346 g/mol. The number of thiophene rings is 1. The van der Waals surface area contributed by atoms with Crippen molar-refractivity contribution in [1.82, 2.24) is 10.2 Å². The second-order valence-corrected chi connectivity index (χ2v) is 9.33. The zero-order valence-electron chi connectivity index (χ0n) is 14.9. The highest BCUT2D eigenvalue weighted by molar-refractivity contribution is 7.10. The van der Waals surface area contributed by atoms with Gasteiger partial charge < -0.3 is 10.2 Å². The summed E-state index contributed by atoms with van der Waals surface area (Å²) in [4.78, 5) is 16.2. The van der Waals surface area contributed by atoms with Crippen LogP contribution in [0, 0.1) is 11.3 Å². The molecule has 3 aliphatic rings. The summed E-state index contributed by atoms with van der Waals surface area (Å²) in [6, 6.07) is 4.43. The van der Waals surface area contributed by atoms with Crippen LogP contribution in [0.2, 0.25) is 0 Å². The van der Waals surface area contributed by atoms with Gasteiger partial charge in [-0.25, -0.2) is 0 Å². The zero-order valence-corrected chi connectivity index (χ0v) is 15.7. The Morgan fingerprint density at radius 2 is 2.08 bits per heavy atom. The van der Waals surface area contributed by atoms with Gasteiger partial charge in [0.05, 0.1) is 5.54 Å². The van der Waals surface area contributed by atoms with Gasteiger partial charge in [-0.15, -0.1) is 11.3 Å². The Balaban J connectivity index is 1.38. The summed E-state index contributed by atoms with van der Waals surface area (Å²) in [6.07, 6.45) is 10.9. The summed E-state index contributed by atoms with van der Waals surface area (Å²) < 4.78 is 0. The molecule has 2 saturated carbocycles. The lowest BCUT2D eigenvalue weighted by Crippen LogP contribution is -2.46. The molecule has 1 amide bonds. The Labute approximate surface area is 149 Å². The lowest BCUT2D eigenvalue weighted by Gasteiger charge is -2.44. The number of hydrogen-bond acceptors (Lipinski definition) is 3. The molecule has 1 aromatic rings. The maximum absolute atomic E-state index is 12.5. The van der Waals surface area contributed by atoms with Crippen LogP contribution in [-0.2, 0) is 10.3 Å². The SMILES string of the molecule is CNC1(c2cccs2)CCC2(CC1)CC(=O)N(CCC1CCC1)C2. The van der Waals surface area contributed by atoms with E-state index in [-0.39, 0.29) is 11.0 Å². The predicted molar refractivity (Wildman–Crippen MR) is 99.1 cm³/mol. The van der Waals surface area contributed by atoms with Crippen LogP contribution in [0.4, 0.5) is 0 Å². The molecule has 0 radical (unpaired) electrons. The minimum absolute atomic E-state index is 0.141. The molecule has 3 nitrogen and oxygen atoms in total. The summed E-state index contributed by atoms with van der Waals surface area (Å²) >= 11 is 1.87. The van der Waals surface area contributed by atoms with E-state index in [1.54, 1.807) is 0 Å². The minimum atomic E-state index is 0.141. The Hall–Kier alpha value is -0.870. The lowest BCUT2D eigenvalue weighted by atomic mass is 9.66. The standard InChI is InChI=1S/C20H30N2OS/c1-21-20(17-6-3-13-24-17)10-8-19(9-11-20)14-18(23)22(15-19)12-7-16-4-2-5-16/h3,6,13,16,21H,2,4-5,7-12,14-15H2,1H3. The molecule has 0 aromatic carbocycles. The Morgan fingerprint density at radius 3 is 2.67 bits per heavy atom. The molecule has 1 aromatic heterocycles. The maximum Gasteiger partial charge on any atom is 0.223 e. The molecular weight excluding hydrogens is 316 g/mol. The minimum Gasteiger partial charge on any atom is -0.342 e. The maximum atomic E-state index is 12.5. The van der Waals surface area contributed by atoms with E-state index in [4.69, 9.17) is 0 Å². The number of nitrogens with zero attached hydrogens (tertiary/aromatic N) is 1. The molecule has 1 aliphatic heterocycles. The van der Waals surface area contributed by atoms with E-state index in [9.17, 15) is 4.79 Å². The fourth-order valence-corrected chi connectivity index (χ4v) is 6.01. The number of hydrogen-bond donors (Lipinski definition) is 1. The fourth-order valence-electron chi connectivity index (χ4n) is 5.02. The number of amides is 1. The number of carbonyl (C=O) groups excluding carboxylic acids is 1. The Kier molecular flexibility index (Phi) is 4.46. The van der Waals surface area contributed by atoms with E-state index < -0.39 is 0 Å². The number of nitrogens with one attached hydrogen (secondary N) is 1. The van der Waals surface area contributed by atoms with Crippen LogP contribution in [0.25, 0.3) is 0 Å². The highest BCUT2D eigenvalue weighted by Gasteiger charge is 2.49. The predicted octanol–water partition coefficient (Wildman–Crippen LogP) is 4.15. The molecule has 0 bridgehead atoms. The molecule has 3 fully saturated rings. The van der Waals surface area contributed by atoms with Crippen molar-refractivity contribution in [2.75, 3.05) is 20.1 Å². The quantitative estimate of drug-likeness (QED) is 0.869. The second kappa shape index (κ2) is 6.45. The molecule has 0 atom stereocenters. The first-order chi connectivity index (χ1) is 11.6. The second-order valence-electron chi connectivity index (χ2n) is 8.39. The fraction of sp³-hybridized carbons (Fsp3) is 0.750. The average Bonchev–Trinajstić information content (AvgIpc) is 3.17. The van der Waals surface area contributed by atoms with Crippen LogP contribution in [0.15, 0.2) is 17.5 Å². The third-order valence-corrected chi connectivity index (χ3v) is 8.15. The molecule has 24 heavy (non-hydrogen) atoms. The van der Waals surface area contributed by atoms with Crippen LogP contribution >= 0.6 is 11.3 Å². The van der Waals surface area contributed by atoms with Crippen LogP contribution in [0.5, 0.6) is 0 Å². The number of likely N-dealkylation sites (tertiary alicyclic amines) is 1. The van der Waals surface area contributed by atoms with Gasteiger partial charge in [-0.3, -0.25) is 4.79 Å². The van der Waals surface area contributed by atoms with Crippen molar-refractivity contribution < 1.29 is 4.79 Å². The third kappa shape index (κ3) is 2.92. The van der Waals surface area contributed by atoms with Crippen molar-refractivity contribution in [2.45, 2.75) is 63.3 Å². The largest absolute Gasteiger partial charge is 0.342 e. The summed E-state index contributed by atoms with van der Waals surface area (Å²) in [5.41, 5.74) is 0.399. The van der Waals surface area contributed by atoms with Gasteiger partial charge in [0.15, 0.2) is 0 Å². The van der Waals surface area contributed by atoms with Crippen LogP contribution in [0.3, 0.4) is 0 Å². The van der Waals surface area contributed by atoms with Gasteiger partial charge in [0, 0.05) is 24.4 Å². The highest BCUT2D eigenvalue weighted by Crippen LogP contribution is 2.51. The molecule has 4 rings (SSSR count). The van der Waals surface area contributed by atoms with Gasteiger partial charge >= 0.3 is 0 Å². The van der Waals surface area contributed by atoms with Gasteiger partial charge in [-0.05, 0) is 61.9 Å². The summed E-state index contributed by atoms with van der Waals surface area (Å²) in [5, 5.41) is 5.80. The van der Waals surface area contributed by atoms with Crippen molar-refractivity contribution in [3.8, 4) is 0 Å². The summed E-state index contributed by atoms with van der Waals surface area (Å²) in [7, 11) is 2.10. The zero-order chi connectivity index (χ0) is 16.6. The highest BCUT2D eigenvalue weighted by atomic mass is 32.1. The van der Waals surface area contributed by atoms with Crippen LogP contribution in [0.1, 0.15) is 62.7 Å². The van der Waals surface area contributed by atoms with Crippen molar-refractivity contribution >= 4 is 17.2 Å².